The molecule has 9 nitrogen and oxygen atoms in total. The number of likely N-dealkylation sites (tertiary alicyclic amines) is 1. The summed E-state index contributed by atoms with van der Waals surface area (Å²) in [5.41, 5.74) is 1.40. The predicted octanol–water partition coefficient (Wildman–Crippen LogP) is 1.64. The van der Waals surface area contributed by atoms with E-state index < -0.39 is 40.2 Å². The molecule has 0 bridgehead atoms. The smallest absolute Gasteiger partial charge is 0.354 e. The first kappa shape index (κ1) is 25.1. The number of amides is 2. The molecule has 0 aromatic heterocycles. The molecule has 1 aliphatic rings. The van der Waals surface area contributed by atoms with Gasteiger partial charge >= 0.3 is 5.97 Å². The van der Waals surface area contributed by atoms with Crippen LogP contribution >= 0.6 is 0 Å². The van der Waals surface area contributed by atoms with Gasteiger partial charge in [-0.15, -0.1) is 0 Å². The number of nitrogens with one attached hydrogen (secondary N) is 2. The van der Waals surface area contributed by atoms with E-state index in [1.807, 2.05) is 36.4 Å². The molecule has 3 atom stereocenters. The van der Waals surface area contributed by atoms with E-state index in [2.05, 4.69) is 10.0 Å². The molecule has 1 aliphatic heterocycles. The van der Waals surface area contributed by atoms with Crippen molar-refractivity contribution in [3.05, 3.63) is 77.5 Å². The number of ether oxygens (including phenoxy) is 2. The highest BCUT2D eigenvalue weighted by Crippen LogP contribution is 2.30. The summed E-state index contributed by atoms with van der Waals surface area (Å²) in [7, 11) is -0.610. The molecule has 1 fully saturated rings. The van der Waals surface area contributed by atoms with Crippen molar-refractivity contribution in [2.75, 3.05) is 13.7 Å². The highest BCUT2D eigenvalue weighted by molar-refractivity contribution is 7.83. The number of para-hydroxylation sites is 1. The SMILES string of the molecule is COC(=O)C(=C(C)C)N1C(=O)[C@@H](NC(=O)COc2ccccc2)[C@H]1S(=O)NCc1ccccc1. The van der Waals surface area contributed by atoms with Crippen LogP contribution in [0.1, 0.15) is 19.4 Å². The molecular weight excluding hydrogens is 458 g/mol. The molecular formula is C24H27N3O6S. The molecule has 1 heterocycles. The summed E-state index contributed by atoms with van der Waals surface area (Å²) < 4.78 is 26.3. The summed E-state index contributed by atoms with van der Waals surface area (Å²) >= 11 is 0. The minimum atomic E-state index is -1.81. The predicted molar refractivity (Wildman–Crippen MR) is 126 cm³/mol. The van der Waals surface area contributed by atoms with Crippen LogP contribution in [0.2, 0.25) is 0 Å². The van der Waals surface area contributed by atoms with Crippen LogP contribution in [0.25, 0.3) is 0 Å². The molecule has 1 saturated heterocycles. The first-order chi connectivity index (χ1) is 16.3. The zero-order valence-corrected chi connectivity index (χ0v) is 20.0. The monoisotopic (exact) mass is 485 g/mol. The number of β-lactam (4-membered cyclic amide) rings is 1. The van der Waals surface area contributed by atoms with E-state index >= 15 is 0 Å². The van der Waals surface area contributed by atoms with Gasteiger partial charge in [-0.05, 0) is 37.1 Å². The molecule has 34 heavy (non-hydrogen) atoms. The van der Waals surface area contributed by atoms with Crippen molar-refractivity contribution >= 4 is 28.8 Å². The zero-order valence-electron chi connectivity index (χ0n) is 19.1. The van der Waals surface area contributed by atoms with Crippen LogP contribution in [0.3, 0.4) is 0 Å². The lowest BCUT2D eigenvalue weighted by atomic mass is 10.0. The van der Waals surface area contributed by atoms with E-state index in [-0.39, 0.29) is 18.8 Å². The molecule has 2 N–H and O–H groups in total. The van der Waals surface area contributed by atoms with E-state index in [1.165, 1.54) is 7.11 Å². The van der Waals surface area contributed by atoms with Gasteiger partial charge < -0.3 is 14.8 Å². The number of esters is 1. The topological polar surface area (TPSA) is 114 Å². The third-order valence-electron chi connectivity index (χ3n) is 5.05. The third kappa shape index (κ3) is 5.89. The molecule has 0 radical (unpaired) electrons. The molecule has 3 rings (SSSR count). The maximum Gasteiger partial charge on any atom is 0.354 e. The molecule has 2 aromatic rings. The Morgan fingerprint density at radius 3 is 2.24 bits per heavy atom. The molecule has 1 unspecified atom stereocenters. The standard InChI is InChI=1S/C24H27N3O6S/c1-16(2)21(24(30)32-3)27-22(29)20(26-19(28)15-33-18-12-8-5-9-13-18)23(27)34(31)25-14-17-10-6-4-7-11-17/h4-13,20,23,25H,14-15H2,1-3H3,(H,26,28)/t20-,23-,34?/m1/s1. The Morgan fingerprint density at radius 1 is 1.03 bits per heavy atom. The Morgan fingerprint density at radius 2 is 1.65 bits per heavy atom. The number of nitrogens with zero attached hydrogens (tertiary/aromatic N) is 1. The Balaban J connectivity index is 1.75. The largest absolute Gasteiger partial charge is 0.484 e. The van der Waals surface area contributed by atoms with E-state index in [1.54, 1.807) is 38.1 Å². The van der Waals surface area contributed by atoms with Crippen molar-refractivity contribution in [2.24, 2.45) is 0 Å². The maximum absolute atomic E-state index is 13.2. The van der Waals surface area contributed by atoms with Crippen LogP contribution in [-0.2, 0) is 36.7 Å². The van der Waals surface area contributed by atoms with Crippen LogP contribution in [0.5, 0.6) is 5.75 Å². The van der Waals surface area contributed by atoms with Crippen LogP contribution in [0, 0.1) is 0 Å². The lowest BCUT2D eigenvalue weighted by Crippen LogP contribution is -2.73. The van der Waals surface area contributed by atoms with Gasteiger partial charge in [0.2, 0.25) is 0 Å². The quantitative estimate of drug-likeness (QED) is 0.300. The fraction of sp³-hybridized carbons (Fsp3) is 0.292. The number of benzene rings is 2. The average Bonchev–Trinajstić information content (AvgIpc) is 2.85. The summed E-state index contributed by atoms with van der Waals surface area (Å²) in [5, 5.41) is 1.57. The van der Waals surface area contributed by atoms with Gasteiger partial charge in [0.25, 0.3) is 11.8 Å². The number of rotatable bonds is 10. The van der Waals surface area contributed by atoms with Crippen LogP contribution in [0.15, 0.2) is 71.9 Å². The van der Waals surface area contributed by atoms with Crippen LogP contribution < -0.4 is 14.8 Å². The Bertz CT molecular complexity index is 1090. The van der Waals surface area contributed by atoms with E-state index in [9.17, 15) is 18.6 Å². The van der Waals surface area contributed by atoms with Crippen molar-refractivity contribution in [3.63, 3.8) is 0 Å². The first-order valence-corrected chi connectivity index (χ1v) is 11.8. The molecule has 0 spiro atoms. The number of allylic oxidation sites excluding steroid dienone is 1. The lowest BCUT2D eigenvalue weighted by molar-refractivity contribution is -0.152. The minimum Gasteiger partial charge on any atom is -0.484 e. The Labute approximate surface area is 200 Å². The molecule has 2 amide bonds. The van der Waals surface area contributed by atoms with Crippen molar-refractivity contribution in [1.29, 1.82) is 0 Å². The molecule has 0 saturated carbocycles. The van der Waals surface area contributed by atoms with Crippen LogP contribution in [-0.4, -0.2) is 52.0 Å². The third-order valence-corrected chi connectivity index (χ3v) is 6.40. The Hall–Kier alpha value is -3.50. The van der Waals surface area contributed by atoms with Gasteiger partial charge in [0.15, 0.2) is 12.0 Å². The van der Waals surface area contributed by atoms with Gasteiger partial charge in [0, 0.05) is 6.54 Å². The number of carbonyl (C=O) groups excluding carboxylic acids is 3. The van der Waals surface area contributed by atoms with Crippen LogP contribution in [0.4, 0.5) is 0 Å². The fourth-order valence-corrected chi connectivity index (χ4v) is 4.72. The van der Waals surface area contributed by atoms with Gasteiger partial charge in [0.1, 0.15) is 28.5 Å². The minimum absolute atomic E-state index is 0.00149. The van der Waals surface area contributed by atoms with Crippen molar-refractivity contribution in [1.82, 2.24) is 14.9 Å². The second-order valence-corrected chi connectivity index (χ2v) is 9.06. The second kappa shape index (κ2) is 11.6. The number of methoxy groups -OCH3 is 1. The molecule has 180 valence electrons. The normalized spacial score (nSPS) is 17.9. The maximum atomic E-state index is 13.2. The number of carbonyl (C=O) groups is 3. The summed E-state index contributed by atoms with van der Waals surface area (Å²) in [5.74, 6) is -1.34. The average molecular weight is 486 g/mol. The first-order valence-electron chi connectivity index (χ1n) is 10.6. The van der Waals surface area contributed by atoms with Crippen molar-refractivity contribution in [3.8, 4) is 5.75 Å². The highest BCUT2D eigenvalue weighted by atomic mass is 32.2. The summed E-state index contributed by atoms with van der Waals surface area (Å²) in [6, 6.07) is 17.0. The molecule has 2 aromatic carbocycles. The van der Waals surface area contributed by atoms with Gasteiger partial charge in [-0.2, -0.15) is 0 Å². The molecule has 10 heteroatoms. The fourth-order valence-electron chi connectivity index (χ4n) is 3.41. The van der Waals surface area contributed by atoms with E-state index in [0.29, 0.717) is 11.3 Å². The summed E-state index contributed by atoms with van der Waals surface area (Å²) in [6.07, 6.45) is 0. The van der Waals surface area contributed by atoms with Crippen molar-refractivity contribution < 1.29 is 28.1 Å². The zero-order chi connectivity index (χ0) is 24.7. The lowest BCUT2D eigenvalue weighted by Gasteiger charge is -2.46. The highest BCUT2D eigenvalue weighted by Gasteiger charge is 2.55. The molecule has 0 aliphatic carbocycles. The van der Waals surface area contributed by atoms with E-state index in [0.717, 1.165) is 10.5 Å². The second-order valence-electron chi connectivity index (χ2n) is 7.69. The summed E-state index contributed by atoms with van der Waals surface area (Å²) in [4.78, 5) is 39.0. The van der Waals surface area contributed by atoms with Gasteiger partial charge in [0.05, 0.1) is 7.11 Å². The van der Waals surface area contributed by atoms with Gasteiger partial charge in [-0.25, -0.2) is 13.7 Å². The number of hydrogen-bond acceptors (Lipinski definition) is 6. The van der Waals surface area contributed by atoms with E-state index in [4.69, 9.17) is 9.47 Å². The number of hydrogen-bond donors (Lipinski definition) is 2. The van der Waals surface area contributed by atoms with Crippen molar-refractivity contribution in [2.45, 2.75) is 31.8 Å². The Kier molecular flexibility index (Phi) is 8.55. The summed E-state index contributed by atoms with van der Waals surface area (Å²) in [6.45, 7) is 3.25. The van der Waals surface area contributed by atoms with Gasteiger partial charge in [-0.1, -0.05) is 48.5 Å². The van der Waals surface area contributed by atoms with Gasteiger partial charge in [-0.3, -0.25) is 14.5 Å².